The van der Waals surface area contributed by atoms with Crippen LogP contribution in [0, 0.1) is 5.82 Å². The van der Waals surface area contributed by atoms with E-state index in [9.17, 15) is 9.18 Å². The lowest BCUT2D eigenvalue weighted by Crippen LogP contribution is -2.18. The number of nitrogens with one attached hydrogen (secondary N) is 2. The Bertz CT molecular complexity index is 383. The minimum atomic E-state index is -0.399. The van der Waals surface area contributed by atoms with E-state index in [-0.39, 0.29) is 11.7 Å². The van der Waals surface area contributed by atoms with Crippen LogP contribution in [-0.4, -0.2) is 26.6 Å². The van der Waals surface area contributed by atoms with Crippen molar-refractivity contribution < 1.29 is 13.9 Å². The molecule has 2 N–H and O–H groups in total. The Morgan fingerprint density at radius 2 is 2.24 bits per heavy atom. The van der Waals surface area contributed by atoms with Crippen molar-refractivity contribution in [3.63, 3.8) is 0 Å². The molecule has 1 aromatic carbocycles. The molecule has 4 nitrogen and oxygen atoms in total. The average molecular weight is 240 g/mol. The van der Waals surface area contributed by atoms with Gasteiger partial charge in [0, 0.05) is 31.8 Å². The van der Waals surface area contributed by atoms with Gasteiger partial charge in [-0.05, 0) is 18.6 Å². The lowest BCUT2D eigenvalue weighted by molar-refractivity contribution is -0.120. The van der Waals surface area contributed by atoms with Gasteiger partial charge in [0.05, 0.1) is 7.11 Å². The van der Waals surface area contributed by atoms with Gasteiger partial charge in [-0.15, -0.1) is 0 Å². The van der Waals surface area contributed by atoms with E-state index in [1.165, 1.54) is 13.2 Å². The van der Waals surface area contributed by atoms with E-state index in [2.05, 4.69) is 10.6 Å². The van der Waals surface area contributed by atoms with Gasteiger partial charge in [-0.3, -0.25) is 4.79 Å². The number of amides is 1. The van der Waals surface area contributed by atoms with Crippen molar-refractivity contribution in [1.82, 2.24) is 5.32 Å². The summed E-state index contributed by atoms with van der Waals surface area (Å²) in [5.41, 5.74) is 0.681. The highest BCUT2D eigenvalue weighted by atomic mass is 19.1. The number of hydrogen-bond acceptors (Lipinski definition) is 3. The molecule has 0 aliphatic heterocycles. The molecule has 1 aromatic rings. The minimum absolute atomic E-state index is 0.00714. The number of halogens is 1. The molecule has 0 aromatic heterocycles. The summed E-state index contributed by atoms with van der Waals surface area (Å²) in [4.78, 5) is 10.9. The van der Waals surface area contributed by atoms with E-state index < -0.39 is 5.82 Å². The van der Waals surface area contributed by atoms with Crippen LogP contribution in [0.5, 0.6) is 5.75 Å². The molecule has 0 aliphatic carbocycles. The maximum atomic E-state index is 13.3. The number of anilines is 1. The highest BCUT2D eigenvalue weighted by Crippen LogP contribution is 2.20. The van der Waals surface area contributed by atoms with E-state index in [1.54, 1.807) is 19.2 Å². The van der Waals surface area contributed by atoms with Crippen molar-refractivity contribution in [2.24, 2.45) is 0 Å². The minimum Gasteiger partial charge on any atom is -0.494 e. The maximum Gasteiger partial charge on any atom is 0.219 e. The summed E-state index contributed by atoms with van der Waals surface area (Å²) in [5.74, 6) is -0.169. The zero-order valence-corrected chi connectivity index (χ0v) is 10.0. The van der Waals surface area contributed by atoms with Crippen LogP contribution in [0.3, 0.4) is 0 Å². The Balaban J connectivity index is 2.37. The SMILES string of the molecule is CNC(=O)CCCNc1ccc(OC)c(F)c1. The molecule has 0 saturated carbocycles. The fourth-order valence-electron chi connectivity index (χ4n) is 1.38. The first-order chi connectivity index (χ1) is 8.17. The number of methoxy groups -OCH3 is 1. The van der Waals surface area contributed by atoms with Crippen molar-refractivity contribution in [2.75, 3.05) is 26.0 Å². The number of benzene rings is 1. The Hall–Kier alpha value is -1.78. The van der Waals surface area contributed by atoms with Crippen LogP contribution in [0.15, 0.2) is 18.2 Å². The van der Waals surface area contributed by atoms with E-state index in [0.29, 0.717) is 25.1 Å². The Labute approximate surface area is 100 Å². The predicted octanol–water partition coefficient (Wildman–Crippen LogP) is 1.77. The maximum absolute atomic E-state index is 13.3. The molecule has 0 atom stereocenters. The van der Waals surface area contributed by atoms with Gasteiger partial charge in [-0.1, -0.05) is 0 Å². The third-order valence-electron chi connectivity index (χ3n) is 2.34. The number of rotatable bonds is 6. The summed E-state index contributed by atoms with van der Waals surface area (Å²) in [5, 5.41) is 5.59. The van der Waals surface area contributed by atoms with Gasteiger partial charge in [0.2, 0.25) is 5.91 Å². The van der Waals surface area contributed by atoms with Crippen molar-refractivity contribution >= 4 is 11.6 Å². The fourth-order valence-corrected chi connectivity index (χ4v) is 1.38. The second-order valence-electron chi connectivity index (χ2n) is 3.55. The lowest BCUT2D eigenvalue weighted by atomic mass is 10.2. The zero-order valence-electron chi connectivity index (χ0n) is 10.0. The van der Waals surface area contributed by atoms with Gasteiger partial charge in [-0.25, -0.2) is 4.39 Å². The average Bonchev–Trinajstić information content (AvgIpc) is 2.34. The molecule has 0 bridgehead atoms. The number of hydrogen-bond donors (Lipinski definition) is 2. The summed E-state index contributed by atoms with van der Waals surface area (Å²) in [7, 11) is 3.03. The molecule has 17 heavy (non-hydrogen) atoms. The van der Waals surface area contributed by atoms with E-state index in [0.717, 1.165) is 0 Å². The lowest BCUT2D eigenvalue weighted by Gasteiger charge is -2.08. The first kappa shape index (κ1) is 13.3. The molecule has 5 heteroatoms. The van der Waals surface area contributed by atoms with E-state index >= 15 is 0 Å². The monoisotopic (exact) mass is 240 g/mol. The number of ether oxygens (including phenoxy) is 1. The molecule has 0 radical (unpaired) electrons. The topological polar surface area (TPSA) is 50.4 Å². The Morgan fingerprint density at radius 3 is 2.82 bits per heavy atom. The van der Waals surface area contributed by atoms with E-state index in [4.69, 9.17) is 4.74 Å². The molecule has 0 aliphatic rings. The molecule has 0 unspecified atom stereocenters. The third kappa shape index (κ3) is 4.30. The first-order valence-electron chi connectivity index (χ1n) is 5.45. The molecule has 1 rings (SSSR count). The van der Waals surface area contributed by atoms with E-state index in [1.807, 2.05) is 0 Å². The van der Waals surface area contributed by atoms with Crippen LogP contribution in [-0.2, 0) is 4.79 Å². The molecular weight excluding hydrogens is 223 g/mol. The van der Waals surface area contributed by atoms with Crippen LogP contribution in [0.25, 0.3) is 0 Å². The molecular formula is C12H17FN2O2. The van der Waals surface area contributed by atoms with Gasteiger partial charge < -0.3 is 15.4 Å². The van der Waals surface area contributed by atoms with Gasteiger partial charge in [0.1, 0.15) is 0 Å². The van der Waals surface area contributed by atoms with Crippen molar-refractivity contribution in [2.45, 2.75) is 12.8 Å². The normalized spacial score (nSPS) is 9.82. The highest BCUT2D eigenvalue weighted by molar-refractivity contribution is 5.75. The Kier molecular flexibility index (Phi) is 5.26. The molecule has 1 amide bonds. The first-order valence-corrected chi connectivity index (χ1v) is 5.45. The van der Waals surface area contributed by atoms with Crippen molar-refractivity contribution in [3.8, 4) is 5.75 Å². The third-order valence-corrected chi connectivity index (χ3v) is 2.34. The second kappa shape index (κ2) is 6.73. The van der Waals surface area contributed by atoms with Gasteiger partial charge in [0.15, 0.2) is 11.6 Å². The van der Waals surface area contributed by atoms with Crippen LogP contribution in [0.1, 0.15) is 12.8 Å². The summed E-state index contributed by atoms with van der Waals surface area (Å²) in [6.45, 7) is 0.624. The van der Waals surface area contributed by atoms with Crippen molar-refractivity contribution in [3.05, 3.63) is 24.0 Å². The Morgan fingerprint density at radius 1 is 1.47 bits per heavy atom. The summed E-state index contributed by atoms with van der Waals surface area (Å²) >= 11 is 0. The molecule has 94 valence electrons. The molecule has 0 heterocycles. The smallest absolute Gasteiger partial charge is 0.219 e. The molecule has 0 fully saturated rings. The summed E-state index contributed by atoms with van der Waals surface area (Å²) in [6.07, 6.45) is 1.16. The quantitative estimate of drug-likeness (QED) is 0.745. The second-order valence-corrected chi connectivity index (χ2v) is 3.55. The summed E-state index contributed by atoms with van der Waals surface area (Å²) in [6, 6.07) is 4.68. The van der Waals surface area contributed by atoms with Crippen LogP contribution < -0.4 is 15.4 Å². The standard InChI is InChI=1S/C12H17FN2O2/c1-14-12(16)4-3-7-15-9-5-6-11(17-2)10(13)8-9/h5-6,8,15H,3-4,7H2,1-2H3,(H,14,16). The van der Waals surface area contributed by atoms with Crippen LogP contribution in [0.4, 0.5) is 10.1 Å². The van der Waals surface area contributed by atoms with Gasteiger partial charge in [0.25, 0.3) is 0 Å². The summed E-state index contributed by atoms with van der Waals surface area (Å²) < 4.78 is 18.1. The van der Waals surface area contributed by atoms with Crippen molar-refractivity contribution in [1.29, 1.82) is 0 Å². The highest BCUT2D eigenvalue weighted by Gasteiger charge is 2.03. The predicted molar refractivity (Wildman–Crippen MR) is 64.7 cm³/mol. The number of carbonyl (C=O) groups is 1. The van der Waals surface area contributed by atoms with Crippen LogP contribution in [0.2, 0.25) is 0 Å². The molecule has 0 spiro atoms. The fraction of sp³-hybridized carbons (Fsp3) is 0.417. The largest absolute Gasteiger partial charge is 0.494 e. The van der Waals surface area contributed by atoms with Gasteiger partial charge in [-0.2, -0.15) is 0 Å². The van der Waals surface area contributed by atoms with Gasteiger partial charge >= 0.3 is 0 Å². The van der Waals surface area contributed by atoms with Crippen LogP contribution >= 0.6 is 0 Å². The zero-order chi connectivity index (χ0) is 12.7. The number of carbonyl (C=O) groups excluding carboxylic acids is 1. The molecule has 0 saturated heterocycles.